The Labute approximate surface area is 147 Å². The zero-order chi connectivity index (χ0) is 16.9. The largest absolute Gasteiger partial charge is 0.334 e. The van der Waals surface area contributed by atoms with Crippen LogP contribution in [0.2, 0.25) is 0 Å². The van der Waals surface area contributed by atoms with E-state index in [2.05, 4.69) is 32.2 Å². The van der Waals surface area contributed by atoms with Crippen molar-refractivity contribution in [2.75, 3.05) is 6.54 Å². The van der Waals surface area contributed by atoms with Gasteiger partial charge < -0.3 is 4.52 Å². The molecule has 5 nitrogen and oxygen atoms in total. The molecule has 1 aliphatic heterocycles. The molecule has 3 heterocycles. The van der Waals surface area contributed by atoms with Crippen LogP contribution in [-0.4, -0.2) is 32.6 Å². The highest BCUT2D eigenvalue weighted by molar-refractivity contribution is 5.51. The topological polar surface area (TPSA) is 55.1 Å². The van der Waals surface area contributed by atoms with Crippen LogP contribution in [0, 0.1) is 0 Å². The Morgan fingerprint density at radius 2 is 1.92 bits per heavy atom. The van der Waals surface area contributed by atoms with E-state index in [1.165, 1.54) is 18.4 Å². The average Bonchev–Trinajstić information content (AvgIpc) is 3.31. The van der Waals surface area contributed by atoms with Gasteiger partial charge in [-0.3, -0.25) is 9.88 Å². The average molecular weight is 334 g/mol. The zero-order valence-corrected chi connectivity index (χ0v) is 14.2. The SMILES string of the molecule is c1ccc(-c2nc(CCC3CCCN3Cc3ccncc3)no2)cc1. The first-order valence-corrected chi connectivity index (χ1v) is 8.89. The molecule has 0 N–H and O–H groups in total. The summed E-state index contributed by atoms with van der Waals surface area (Å²) >= 11 is 0. The highest BCUT2D eigenvalue weighted by Gasteiger charge is 2.24. The fraction of sp³-hybridized carbons (Fsp3) is 0.350. The Balaban J connectivity index is 1.35. The van der Waals surface area contributed by atoms with Gasteiger partial charge >= 0.3 is 0 Å². The van der Waals surface area contributed by atoms with Crippen molar-refractivity contribution in [1.29, 1.82) is 0 Å². The predicted octanol–water partition coefficient (Wildman–Crippen LogP) is 3.73. The third-order valence-corrected chi connectivity index (χ3v) is 4.82. The van der Waals surface area contributed by atoms with E-state index in [0.717, 1.165) is 37.3 Å². The highest BCUT2D eigenvalue weighted by atomic mass is 16.5. The van der Waals surface area contributed by atoms with Gasteiger partial charge in [-0.15, -0.1) is 0 Å². The molecule has 3 aromatic rings. The van der Waals surface area contributed by atoms with Crippen LogP contribution in [0.15, 0.2) is 59.4 Å². The molecule has 1 aromatic carbocycles. The Morgan fingerprint density at radius 3 is 2.76 bits per heavy atom. The number of likely N-dealkylation sites (tertiary alicyclic amines) is 1. The molecule has 0 amide bonds. The Bertz CT molecular complexity index is 788. The molecular formula is C20H22N4O. The molecule has 25 heavy (non-hydrogen) atoms. The van der Waals surface area contributed by atoms with Gasteiger partial charge in [-0.25, -0.2) is 0 Å². The van der Waals surface area contributed by atoms with Crippen LogP contribution in [0.5, 0.6) is 0 Å². The normalized spacial score (nSPS) is 17.8. The maximum atomic E-state index is 5.41. The second kappa shape index (κ2) is 7.57. The molecule has 1 saturated heterocycles. The van der Waals surface area contributed by atoms with Crippen LogP contribution >= 0.6 is 0 Å². The van der Waals surface area contributed by atoms with Gasteiger partial charge in [0.25, 0.3) is 5.89 Å². The summed E-state index contributed by atoms with van der Waals surface area (Å²) in [6.07, 6.45) is 8.16. The Morgan fingerprint density at radius 1 is 1.08 bits per heavy atom. The summed E-state index contributed by atoms with van der Waals surface area (Å²) < 4.78 is 5.41. The van der Waals surface area contributed by atoms with Crippen molar-refractivity contribution in [3.05, 3.63) is 66.2 Å². The van der Waals surface area contributed by atoms with Crippen molar-refractivity contribution in [1.82, 2.24) is 20.0 Å². The van der Waals surface area contributed by atoms with E-state index < -0.39 is 0 Å². The first kappa shape index (κ1) is 16.0. The molecule has 0 bridgehead atoms. The third-order valence-electron chi connectivity index (χ3n) is 4.82. The first-order chi connectivity index (χ1) is 12.4. The smallest absolute Gasteiger partial charge is 0.257 e. The lowest BCUT2D eigenvalue weighted by molar-refractivity contribution is 0.233. The number of aryl methyl sites for hydroxylation is 1. The van der Waals surface area contributed by atoms with Crippen molar-refractivity contribution in [3.63, 3.8) is 0 Å². The van der Waals surface area contributed by atoms with Crippen molar-refractivity contribution >= 4 is 0 Å². The molecule has 128 valence electrons. The Hall–Kier alpha value is -2.53. The van der Waals surface area contributed by atoms with Gasteiger partial charge in [-0.2, -0.15) is 4.98 Å². The number of hydrogen-bond donors (Lipinski definition) is 0. The van der Waals surface area contributed by atoms with Crippen LogP contribution in [0.4, 0.5) is 0 Å². The summed E-state index contributed by atoms with van der Waals surface area (Å²) in [6, 6.07) is 14.7. The number of aromatic nitrogens is 3. The molecule has 0 saturated carbocycles. The summed E-state index contributed by atoms with van der Waals surface area (Å²) in [6.45, 7) is 2.16. The van der Waals surface area contributed by atoms with Crippen molar-refractivity contribution in [2.45, 2.75) is 38.3 Å². The molecule has 0 radical (unpaired) electrons. The first-order valence-electron chi connectivity index (χ1n) is 8.89. The van der Waals surface area contributed by atoms with Crippen LogP contribution in [0.25, 0.3) is 11.5 Å². The van der Waals surface area contributed by atoms with E-state index >= 15 is 0 Å². The van der Waals surface area contributed by atoms with Gasteiger partial charge in [-0.05, 0) is 55.6 Å². The van der Waals surface area contributed by atoms with Crippen molar-refractivity contribution < 1.29 is 4.52 Å². The summed E-state index contributed by atoms with van der Waals surface area (Å²) in [7, 11) is 0. The number of pyridine rings is 1. The molecule has 0 aliphatic carbocycles. The number of rotatable bonds is 6. The lowest BCUT2D eigenvalue weighted by Gasteiger charge is -2.24. The summed E-state index contributed by atoms with van der Waals surface area (Å²) in [5, 5.41) is 4.15. The number of hydrogen-bond acceptors (Lipinski definition) is 5. The molecule has 1 atom stereocenters. The second-order valence-electron chi connectivity index (χ2n) is 6.54. The van der Waals surface area contributed by atoms with E-state index in [0.29, 0.717) is 11.9 Å². The molecule has 1 aliphatic rings. The second-order valence-corrected chi connectivity index (χ2v) is 6.54. The van der Waals surface area contributed by atoms with Gasteiger partial charge in [0.2, 0.25) is 0 Å². The maximum Gasteiger partial charge on any atom is 0.257 e. The minimum atomic E-state index is 0.590. The molecular weight excluding hydrogens is 312 g/mol. The van der Waals surface area contributed by atoms with Gasteiger partial charge in [0, 0.05) is 37.0 Å². The zero-order valence-electron chi connectivity index (χ0n) is 14.2. The monoisotopic (exact) mass is 334 g/mol. The van der Waals surface area contributed by atoms with Crippen molar-refractivity contribution in [3.8, 4) is 11.5 Å². The Kier molecular flexibility index (Phi) is 4.84. The standard InChI is InChI=1S/C20H22N4O/c1-2-5-17(6-3-1)20-22-19(23-25-20)9-8-18-7-4-14-24(18)15-16-10-12-21-13-11-16/h1-3,5-6,10-13,18H,4,7-9,14-15H2. The van der Waals surface area contributed by atoms with E-state index in [-0.39, 0.29) is 0 Å². The van der Waals surface area contributed by atoms with E-state index in [9.17, 15) is 0 Å². The van der Waals surface area contributed by atoms with Gasteiger partial charge in [0.05, 0.1) is 0 Å². The maximum absolute atomic E-state index is 5.41. The van der Waals surface area contributed by atoms with Crippen LogP contribution < -0.4 is 0 Å². The fourth-order valence-corrected chi connectivity index (χ4v) is 3.50. The minimum Gasteiger partial charge on any atom is -0.334 e. The lowest BCUT2D eigenvalue weighted by Crippen LogP contribution is -2.29. The highest BCUT2D eigenvalue weighted by Crippen LogP contribution is 2.24. The summed E-state index contributed by atoms with van der Waals surface area (Å²) in [4.78, 5) is 11.2. The summed E-state index contributed by atoms with van der Waals surface area (Å²) in [5.41, 5.74) is 2.30. The van der Waals surface area contributed by atoms with Crippen LogP contribution in [0.3, 0.4) is 0 Å². The molecule has 1 fully saturated rings. The quantitative estimate of drug-likeness (QED) is 0.687. The van der Waals surface area contributed by atoms with E-state index in [1.54, 1.807) is 0 Å². The number of nitrogens with zero attached hydrogens (tertiary/aromatic N) is 4. The van der Waals surface area contributed by atoms with Gasteiger partial charge in [0.1, 0.15) is 0 Å². The summed E-state index contributed by atoms with van der Waals surface area (Å²) in [5.74, 6) is 1.41. The van der Waals surface area contributed by atoms with Gasteiger partial charge in [-0.1, -0.05) is 23.4 Å². The third kappa shape index (κ3) is 3.94. The molecule has 5 heteroatoms. The molecule has 0 spiro atoms. The van der Waals surface area contributed by atoms with Crippen LogP contribution in [-0.2, 0) is 13.0 Å². The van der Waals surface area contributed by atoms with Gasteiger partial charge in [0.15, 0.2) is 5.82 Å². The van der Waals surface area contributed by atoms with E-state index in [1.807, 2.05) is 42.7 Å². The molecule has 4 rings (SSSR count). The minimum absolute atomic E-state index is 0.590. The van der Waals surface area contributed by atoms with Crippen LogP contribution in [0.1, 0.15) is 30.7 Å². The molecule has 2 aromatic heterocycles. The van der Waals surface area contributed by atoms with E-state index in [4.69, 9.17) is 4.52 Å². The predicted molar refractivity (Wildman–Crippen MR) is 95.7 cm³/mol. The molecule has 1 unspecified atom stereocenters. The lowest BCUT2D eigenvalue weighted by atomic mass is 10.1. The van der Waals surface area contributed by atoms with Crippen molar-refractivity contribution in [2.24, 2.45) is 0 Å². The number of benzene rings is 1. The fourth-order valence-electron chi connectivity index (χ4n) is 3.50.